The average molecular weight is 327 g/mol. The van der Waals surface area contributed by atoms with Gasteiger partial charge in [-0.05, 0) is 55.3 Å². The number of benzene rings is 2. The van der Waals surface area contributed by atoms with Crippen LogP contribution in [-0.2, 0) is 4.79 Å². The maximum absolute atomic E-state index is 13.0. The Morgan fingerprint density at radius 2 is 1.96 bits per heavy atom. The van der Waals surface area contributed by atoms with Crippen LogP contribution in [0.3, 0.4) is 0 Å². The van der Waals surface area contributed by atoms with Crippen LogP contribution in [0.25, 0.3) is 0 Å². The normalized spacial score (nSPS) is 17.0. The van der Waals surface area contributed by atoms with Gasteiger partial charge < -0.3 is 15.5 Å². The zero-order valence-electron chi connectivity index (χ0n) is 13.3. The molecule has 0 spiro atoms. The zero-order chi connectivity index (χ0) is 17.1. The lowest BCUT2D eigenvalue weighted by Crippen LogP contribution is -2.43. The third-order valence-electron chi connectivity index (χ3n) is 3.93. The number of aryl methyl sites for hydroxylation is 1. The molecule has 2 N–H and O–H groups in total. The first kappa shape index (κ1) is 16.0. The van der Waals surface area contributed by atoms with Crippen LogP contribution in [0.5, 0.6) is 0 Å². The van der Waals surface area contributed by atoms with Crippen LogP contribution in [0.4, 0.5) is 20.6 Å². The summed E-state index contributed by atoms with van der Waals surface area (Å²) in [5.41, 5.74) is 2.34. The number of carbonyl (C=O) groups is 2. The van der Waals surface area contributed by atoms with Crippen molar-refractivity contribution in [1.29, 1.82) is 0 Å². The van der Waals surface area contributed by atoms with E-state index in [-0.39, 0.29) is 11.7 Å². The van der Waals surface area contributed by atoms with Gasteiger partial charge in [-0.25, -0.2) is 9.18 Å². The van der Waals surface area contributed by atoms with Gasteiger partial charge in [0.15, 0.2) is 0 Å². The molecule has 0 unspecified atom stereocenters. The first-order chi connectivity index (χ1) is 11.5. The minimum absolute atomic E-state index is 0.194. The number of rotatable bonds is 3. The van der Waals surface area contributed by atoms with Crippen molar-refractivity contribution >= 4 is 23.3 Å². The smallest absolute Gasteiger partial charge is 0.319 e. The van der Waals surface area contributed by atoms with Crippen LogP contribution in [0.2, 0.25) is 0 Å². The predicted octanol–water partition coefficient (Wildman–Crippen LogP) is 3.06. The minimum Gasteiger partial charge on any atom is -0.326 e. The van der Waals surface area contributed by atoms with Crippen molar-refractivity contribution in [3.05, 3.63) is 59.9 Å². The summed E-state index contributed by atoms with van der Waals surface area (Å²) >= 11 is 0. The van der Waals surface area contributed by atoms with Crippen LogP contribution in [0, 0.1) is 12.7 Å². The molecule has 0 aliphatic carbocycles. The number of hydrogen-bond donors (Lipinski definition) is 2. The van der Waals surface area contributed by atoms with Crippen LogP contribution in [0.1, 0.15) is 12.0 Å². The summed E-state index contributed by atoms with van der Waals surface area (Å²) in [5, 5.41) is 5.41. The van der Waals surface area contributed by atoms with Crippen LogP contribution in [-0.4, -0.2) is 24.5 Å². The van der Waals surface area contributed by atoms with Crippen molar-refractivity contribution in [2.45, 2.75) is 19.4 Å². The van der Waals surface area contributed by atoms with Gasteiger partial charge >= 0.3 is 6.03 Å². The predicted molar refractivity (Wildman–Crippen MR) is 90.5 cm³/mol. The number of nitrogens with one attached hydrogen (secondary N) is 2. The second-order valence-corrected chi connectivity index (χ2v) is 5.78. The fraction of sp³-hybridized carbons (Fsp3) is 0.222. The van der Waals surface area contributed by atoms with E-state index in [2.05, 4.69) is 10.6 Å². The first-order valence-corrected chi connectivity index (χ1v) is 7.74. The fourth-order valence-corrected chi connectivity index (χ4v) is 2.74. The summed E-state index contributed by atoms with van der Waals surface area (Å²) in [6.45, 7) is 2.42. The number of amides is 3. The molecule has 6 heteroatoms. The summed E-state index contributed by atoms with van der Waals surface area (Å²) in [4.78, 5) is 26.0. The van der Waals surface area contributed by atoms with E-state index in [0.29, 0.717) is 24.3 Å². The van der Waals surface area contributed by atoms with E-state index in [4.69, 9.17) is 0 Å². The lowest BCUT2D eigenvalue weighted by atomic mass is 10.2. The van der Waals surface area contributed by atoms with E-state index >= 15 is 0 Å². The summed E-state index contributed by atoms with van der Waals surface area (Å²) < 4.78 is 13.0. The highest BCUT2D eigenvalue weighted by molar-refractivity contribution is 6.02. The fourth-order valence-electron chi connectivity index (χ4n) is 2.74. The molecule has 0 saturated carbocycles. The second kappa shape index (κ2) is 6.70. The van der Waals surface area contributed by atoms with Crippen molar-refractivity contribution in [2.75, 3.05) is 16.8 Å². The molecule has 2 aromatic rings. The highest BCUT2D eigenvalue weighted by Crippen LogP contribution is 2.22. The molecule has 0 radical (unpaired) electrons. The topological polar surface area (TPSA) is 61.4 Å². The van der Waals surface area contributed by atoms with Gasteiger partial charge in [0.2, 0.25) is 5.91 Å². The maximum atomic E-state index is 13.0. The van der Waals surface area contributed by atoms with Gasteiger partial charge in [0.05, 0.1) is 0 Å². The summed E-state index contributed by atoms with van der Waals surface area (Å²) in [6.07, 6.45) is 0.511. The Labute approximate surface area is 139 Å². The van der Waals surface area contributed by atoms with Crippen LogP contribution < -0.4 is 15.5 Å². The van der Waals surface area contributed by atoms with E-state index in [1.54, 1.807) is 23.1 Å². The standard InChI is InChI=1S/C18H18FN3O2/c1-12-3-2-4-14(11-12)20-18(24)21-16-9-10-22(17(16)23)15-7-5-13(19)6-8-15/h2-8,11,16H,9-10H2,1H3,(H2,20,21,24)/t16-/m1/s1. The summed E-state index contributed by atoms with van der Waals surface area (Å²) in [5.74, 6) is -0.543. The Morgan fingerprint density at radius 1 is 1.21 bits per heavy atom. The Bertz CT molecular complexity index is 761. The van der Waals surface area contributed by atoms with Gasteiger partial charge in [-0.2, -0.15) is 0 Å². The van der Waals surface area contributed by atoms with Crippen molar-refractivity contribution < 1.29 is 14.0 Å². The van der Waals surface area contributed by atoms with Crippen molar-refractivity contribution in [1.82, 2.24) is 5.32 Å². The highest BCUT2D eigenvalue weighted by Gasteiger charge is 2.33. The van der Waals surface area contributed by atoms with Gasteiger partial charge in [-0.3, -0.25) is 4.79 Å². The molecule has 3 amide bonds. The monoisotopic (exact) mass is 327 g/mol. The number of hydrogen-bond acceptors (Lipinski definition) is 2. The lowest BCUT2D eigenvalue weighted by Gasteiger charge is -2.17. The number of urea groups is 1. The second-order valence-electron chi connectivity index (χ2n) is 5.78. The molecule has 1 saturated heterocycles. The molecule has 3 rings (SSSR count). The van der Waals surface area contributed by atoms with Crippen LogP contribution >= 0.6 is 0 Å². The van der Waals surface area contributed by atoms with Gasteiger partial charge in [0.1, 0.15) is 11.9 Å². The first-order valence-electron chi connectivity index (χ1n) is 7.74. The van der Waals surface area contributed by atoms with Crippen molar-refractivity contribution in [3.63, 3.8) is 0 Å². The van der Waals surface area contributed by atoms with Gasteiger partial charge in [-0.1, -0.05) is 12.1 Å². The largest absolute Gasteiger partial charge is 0.326 e. The molecular weight excluding hydrogens is 309 g/mol. The molecule has 5 nitrogen and oxygen atoms in total. The molecular formula is C18H18FN3O2. The molecule has 1 atom stereocenters. The van der Waals surface area contributed by atoms with E-state index in [1.165, 1.54) is 12.1 Å². The van der Waals surface area contributed by atoms with Gasteiger partial charge in [0.25, 0.3) is 0 Å². The Hall–Kier alpha value is -2.89. The number of anilines is 2. The van der Waals surface area contributed by atoms with Gasteiger partial charge in [-0.15, -0.1) is 0 Å². The molecule has 1 heterocycles. The zero-order valence-corrected chi connectivity index (χ0v) is 13.3. The summed E-state index contributed by atoms with van der Waals surface area (Å²) in [7, 11) is 0. The van der Waals surface area contributed by atoms with E-state index in [0.717, 1.165) is 5.56 Å². The molecule has 1 aliphatic rings. The van der Waals surface area contributed by atoms with E-state index in [9.17, 15) is 14.0 Å². The molecule has 1 aliphatic heterocycles. The third kappa shape index (κ3) is 3.53. The SMILES string of the molecule is Cc1cccc(NC(=O)N[C@@H]2CCN(c3ccc(F)cc3)C2=O)c1. The molecule has 1 fully saturated rings. The molecule has 0 bridgehead atoms. The molecule has 2 aromatic carbocycles. The molecule has 24 heavy (non-hydrogen) atoms. The Balaban J connectivity index is 1.61. The highest BCUT2D eigenvalue weighted by atomic mass is 19.1. The third-order valence-corrected chi connectivity index (χ3v) is 3.93. The lowest BCUT2D eigenvalue weighted by molar-refractivity contribution is -0.118. The van der Waals surface area contributed by atoms with E-state index < -0.39 is 12.1 Å². The Kier molecular flexibility index (Phi) is 4.46. The quantitative estimate of drug-likeness (QED) is 0.910. The average Bonchev–Trinajstić information content (AvgIpc) is 2.89. The van der Waals surface area contributed by atoms with Crippen molar-refractivity contribution in [2.24, 2.45) is 0 Å². The number of halogens is 1. The molecule has 124 valence electrons. The summed E-state index contributed by atoms with van der Waals surface area (Å²) in [6, 6.07) is 12.2. The van der Waals surface area contributed by atoms with E-state index in [1.807, 2.05) is 25.1 Å². The number of nitrogens with zero attached hydrogens (tertiary/aromatic N) is 1. The van der Waals surface area contributed by atoms with Gasteiger partial charge in [0, 0.05) is 17.9 Å². The molecule has 0 aromatic heterocycles. The van der Waals surface area contributed by atoms with Crippen molar-refractivity contribution in [3.8, 4) is 0 Å². The minimum atomic E-state index is -0.583. The Morgan fingerprint density at radius 3 is 2.67 bits per heavy atom. The maximum Gasteiger partial charge on any atom is 0.319 e. The number of carbonyl (C=O) groups excluding carboxylic acids is 2. The van der Waals surface area contributed by atoms with Crippen LogP contribution in [0.15, 0.2) is 48.5 Å².